The summed E-state index contributed by atoms with van der Waals surface area (Å²) in [6.07, 6.45) is -0.440. The lowest BCUT2D eigenvalue weighted by atomic mass is 9.74. The molecule has 17 heavy (non-hydrogen) atoms. The van der Waals surface area contributed by atoms with E-state index in [0.717, 1.165) is 0 Å². The molecule has 0 aromatic rings. The van der Waals surface area contributed by atoms with Crippen LogP contribution in [0.2, 0.25) is 0 Å². The van der Waals surface area contributed by atoms with Crippen molar-refractivity contribution in [3.05, 3.63) is 0 Å². The lowest BCUT2D eigenvalue weighted by Crippen LogP contribution is -2.44. The molecule has 0 heterocycles. The van der Waals surface area contributed by atoms with Crippen molar-refractivity contribution in [2.24, 2.45) is 17.8 Å². The molecule has 1 aliphatic rings. The van der Waals surface area contributed by atoms with E-state index in [0.29, 0.717) is 37.5 Å². The molecule has 0 bridgehead atoms. The molecule has 2 nitrogen and oxygen atoms in total. The van der Waals surface area contributed by atoms with Crippen LogP contribution in [0.15, 0.2) is 0 Å². The van der Waals surface area contributed by atoms with Crippen LogP contribution in [0.1, 0.15) is 39.5 Å². The van der Waals surface area contributed by atoms with E-state index < -0.39 is 24.0 Å². The Morgan fingerprint density at radius 2 is 1.59 bits per heavy atom. The highest BCUT2D eigenvalue weighted by molar-refractivity contribution is 5.76. The number of carboxylic acids is 1. The highest BCUT2D eigenvalue weighted by Gasteiger charge is 2.52. The summed E-state index contributed by atoms with van der Waals surface area (Å²) in [7, 11) is 0. The first-order valence-electron chi connectivity index (χ1n) is 6.02. The van der Waals surface area contributed by atoms with Gasteiger partial charge in [0, 0.05) is 0 Å². The molecule has 1 fully saturated rings. The Labute approximate surface area is 99.2 Å². The summed E-state index contributed by atoms with van der Waals surface area (Å²) in [5, 5.41) is 8.29. The highest BCUT2D eigenvalue weighted by Crippen LogP contribution is 2.40. The van der Waals surface area contributed by atoms with E-state index in [4.69, 9.17) is 5.11 Å². The second kappa shape index (κ2) is 5.27. The van der Waals surface area contributed by atoms with Gasteiger partial charge in [0.1, 0.15) is 0 Å². The number of carboxylic acid groups (broad SMARTS) is 1. The van der Waals surface area contributed by atoms with E-state index >= 15 is 0 Å². The molecule has 1 saturated carbocycles. The van der Waals surface area contributed by atoms with Crippen LogP contribution in [0.25, 0.3) is 0 Å². The SMILES string of the molecule is CC(C)C1CCC(C(F)C(F)(F)C(=O)O)CC1. The molecule has 1 N–H and O–H groups in total. The summed E-state index contributed by atoms with van der Waals surface area (Å²) in [6.45, 7) is 4.12. The summed E-state index contributed by atoms with van der Waals surface area (Å²) in [5.74, 6) is -6.53. The van der Waals surface area contributed by atoms with Crippen LogP contribution < -0.4 is 0 Å². The van der Waals surface area contributed by atoms with Gasteiger partial charge in [-0.2, -0.15) is 8.78 Å². The van der Waals surface area contributed by atoms with Gasteiger partial charge in [-0.25, -0.2) is 9.18 Å². The molecule has 0 aromatic heterocycles. The summed E-state index contributed by atoms with van der Waals surface area (Å²) < 4.78 is 39.5. The predicted molar refractivity (Wildman–Crippen MR) is 57.8 cm³/mol. The average molecular weight is 252 g/mol. The minimum Gasteiger partial charge on any atom is -0.477 e. The lowest BCUT2D eigenvalue weighted by Gasteiger charge is -2.33. The monoisotopic (exact) mass is 252 g/mol. The molecule has 0 spiro atoms. The van der Waals surface area contributed by atoms with Crippen molar-refractivity contribution in [3.8, 4) is 0 Å². The zero-order chi connectivity index (χ0) is 13.2. The molecule has 1 unspecified atom stereocenters. The molecular weight excluding hydrogens is 233 g/mol. The minimum atomic E-state index is -4.25. The van der Waals surface area contributed by atoms with Crippen LogP contribution in [0.4, 0.5) is 13.2 Å². The molecule has 100 valence electrons. The van der Waals surface area contributed by atoms with Gasteiger partial charge in [-0.3, -0.25) is 0 Å². The molecular formula is C12H19F3O2. The lowest BCUT2D eigenvalue weighted by molar-refractivity contribution is -0.180. The Bertz CT molecular complexity index is 271. The van der Waals surface area contributed by atoms with Gasteiger partial charge < -0.3 is 5.11 Å². The van der Waals surface area contributed by atoms with Crippen molar-refractivity contribution in [2.75, 3.05) is 0 Å². The fraction of sp³-hybridized carbons (Fsp3) is 0.917. The first kappa shape index (κ1) is 14.3. The number of carbonyl (C=O) groups is 1. The maximum Gasteiger partial charge on any atom is 0.377 e. The summed E-state index contributed by atoms with van der Waals surface area (Å²) in [6, 6.07) is 0. The van der Waals surface area contributed by atoms with E-state index in [2.05, 4.69) is 13.8 Å². The maximum atomic E-state index is 13.5. The van der Waals surface area contributed by atoms with Crippen LogP contribution in [0, 0.1) is 17.8 Å². The normalized spacial score (nSPS) is 28.1. The van der Waals surface area contributed by atoms with Crippen LogP contribution in [0.3, 0.4) is 0 Å². The molecule has 0 aromatic carbocycles. The third-order valence-corrected chi connectivity index (χ3v) is 3.80. The van der Waals surface area contributed by atoms with Gasteiger partial charge in [-0.05, 0) is 43.4 Å². The van der Waals surface area contributed by atoms with E-state index in [9.17, 15) is 18.0 Å². The molecule has 0 amide bonds. The van der Waals surface area contributed by atoms with Crippen LogP contribution in [-0.4, -0.2) is 23.2 Å². The second-order valence-corrected chi connectivity index (χ2v) is 5.25. The van der Waals surface area contributed by atoms with E-state index in [1.807, 2.05) is 0 Å². The largest absolute Gasteiger partial charge is 0.477 e. The second-order valence-electron chi connectivity index (χ2n) is 5.25. The minimum absolute atomic E-state index is 0.354. The van der Waals surface area contributed by atoms with Gasteiger partial charge in [0.15, 0.2) is 6.17 Å². The molecule has 1 aliphatic carbocycles. The predicted octanol–water partition coefficient (Wildman–Crippen LogP) is 3.51. The fourth-order valence-electron chi connectivity index (χ4n) is 2.52. The third-order valence-electron chi connectivity index (χ3n) is 3.80. The van der Waals surface area contributed by atoms with Gasteiger partial charge in [-0.15, -0.1) is 0 Å². The van der Waals surface area contributed by atoms with Gasteiger partial charge in [0.25, 0.3) is 0 Å². The quantitative estimate of drug-likeness (QED) is 0.831. The number of aliphatic carboxylic acids is 1. The highest BCUT2D eigenvalue weighted by atomic mass is 19.3. The van der Waals surface area contributed by atoms with Crippen LogP contribution in [0.5, 0.6) is 0 Å². The molecule has 0 saturated heterocycles. The van der Waals surface area contributed by atoms with Gasteiger partial charge in [-0.1, -0.05) is 13.8 Å². The van der Waals surface area contributed by atoms with Crippen molar-refractivity contribution in [2.45, 2.75) is 51.6 Å². The van der Waals surface area contributed by atoms with Crippen LogP contribution in [-0.2, 0) is 4.79 Å². The Hall–Kier alpha value is -0.740. The molecule has 5 heteroatoms. The molecule has 1 rings (SSSR count). The van der Waals surface area contributed by atoms with Crippen molar-refractivity contribution in [1.29, 1.82) is 0 Å². The van der Waals surface area contributed by atoms with Gasteiger partial charge in [0.05, 0.1) is 0 Å². The summed E-state index contributed by atoms with van der Waals surface area (Å²) in [4.78, 5) is 10.3. The Morgan fingerprint density at radius 1 is 1.18 bits per heavy atom. The molecule has 0 aliphatic heterocycles. The Kier molecular flexibility index (Phi) is 4.44. The molecule has 0 radical (unpaired) electrons. The van der Waals surface area contributed by atoms with Crippen molar-refractivity contribution in [3.63, 3.8) is 0 Å². The Morgan fingerprint density at radius 3 is 1.94 bits per heavy atom. The zero-order valence-electron chi connectivity index (χ0n) is 10.1. The number of rotatable bonds is 4. The average Bonchev–Trinajstić information content (AvgIpc) is 2.27. The first-order chi connectivity index (χ1) is 7.76. The Balaban J connectivity index is 2.57. The summed E-state index contributed by atoms with van der Waals surface area (Å²) >= 11 is 0. The third kappa shape index (κ3) is 3.13. The van der Waals surface area contributed by atoms with E-state index in [1.54, 1.807) is 0 Å². The maximum absolute atomic E-state index is 13.5. The van der Waals surface area contributed by atoms with Crippen LogP contribution >= 0.6 is 0 Å². The summed E-state index contributed by atoms with van der Waals surface area (Å²) in [5.41, 5.74) is 0. The van der Waals surface area contributed by atoms with Crippen molar-refractivity contribution < 1.29 is 23.1 Å². The standard InChI is InChI=1S/C12H19F3O2/c1-7(2)8-3-5-9(6-4-8)10(13)12(14,15)11(16)17/h7-10H,3-6H2,1-2H3,(H,16,17). The number of hydrogen-bond acceptors (Lipinski definition) is 1. The number of halogens is 3. The van der Waals surface area contributed by atoms with E-state index in [-0.39, 0.29) is 0 Å². The zero-order valence-corrected chi connectivity index (χ0v) is 10.1. The van der Waals surface area contributed by atoms with Crippen molar-refractivity contribution >= 4 is 5.97 Å². The first-order valence-corrected chi connectivity index (χ1v) is 6.02. The fourth-order valence-corrected chi connectivity index (χ4v) is 2.52. The van der Waals surface area contributed by atoms with Crippen molar-refractivity contribution in [1.82, 2.24) is 0 Å². The number of alkyl halides is 3. The topological polar surface area (TPSA) is 37.3 Å². The molecule has 1 atom stereocenters. The van der Waals surface area contributed by atoms with Gasteiger partial charge >= 0.3 is 11.9 Å². The van der Waals surface area contributed by atoms with E-state index in [1.165, 1.54) is 0 Å². The smallest absolute Gasteiger partial charge is 0.377 e. The number of hydrogen-bond donors (Lipinski definition) is 1. The van der Waals surface area contributed by atoms with Gasteiger partial charge in [0.2, 0.25) is 0 Å².